The van der Waals surface area contributed by atoms with E-state index in [4.69, 9.17) is 5.11 Å². The van der Waals surface area contributed by atoms with Crippen molar-refractivity contribution < 1.29 is 20.2 Å². The van der Waals surface area contributed by atoms with Crippen LogP contribution in [0.1, 0.15) is 0 Å². The highest BCUT2D eigenvalue weighted by atomic mass is 16.6. The molecule has 1 aliphatic heterocycles. The van der Waals surface area contributed by atoms with E-state index in [0.29, 0.717) is 5.71 Å². The first-order valence-corrected chi connectivity index (χ1v) is 3.46. The number of rotatable bonds is 0. The lowest BCUT2D eigenvalue weighted by atomic mass is 10.1. The van der Waals surface area contributed by atoms with Gasteiger partial charge in [0.25, 0.3) is 0 Å². The summed E-state index contributed by atoms with van der Waals surface area (Å²) in [6.45, 7) is 0.255. The molecular formula is C6H9NO4. The van der Waals surface area contributed by atoms with Gasteiger partial charge < -0.3 is 20.2 Å². The number of nitrogens with zero attached hydrogens (tertiary/aromatic N) is 1. The normalized spacial score (nSPS) is 48.5. The summed E-state index contributed by atoms with van der Waals surface area (Å²) in [5, 5.41) is 31.1. The van der Waals surface area contributed by atoms with Gasteiger partial charge in [-0.3, -0.25) is 0 Å². The molecule has 0 aromatic carbocycles. The van der Waals surface area contributed by atoms with Crippen LogP contribution in [0.15, 0.2) is 5.16 Å². The van der Waals surface area contributed by atoms with E-state index in [1.54, 1.807) is 0 Å². The fourth-order valence-electron chi connectivity index (χ4n) is 1.49. The molecule has 0 radical (unpaired) electrons. The molecule has 1 aliphatic carbocycles. The molecule has 0 saturated heterocycles. The lowest BCUT2D eigenvalue weighted by molar-refractivity contribution is -0.0357. The predicted molar refractivity (Wildman–Crippen MR) is 34.9 cm³/mol. The molecule has 5 heteroatoms. The lowest BCUT2D eigenvalue weighted by Gasteiger charge is -2.11. The quantitative estimate of drug-likeness (QED) is 0.385. The van der Waals surface area contributed by atoms with E-state index >= 15 is 0 Å². The van der Waals surface area contributed by atoms with Crippen LogP contribution in [-0.4, -0.2) is 46.0 Å². The highest BCUT2D eigenvalue weighted by Crippen LogP contribution is 2.28. The standard InChI is InChI=1S/C6H9NO4/c8-4-2-1-11-7-3(2)5(9)6(4)10/h2,4-6,8-10H,1H2/t2-,4+,5-,6-/m0/s1. The van der Waals surface area contributed by atoms with E-state index in [1.165, 1.54) is 0 Å². The predicted octanol–water partition coefficient (Wildman–Crippen LogP) is -1.91. The minimum absolute atomic E-state index is 0.255. The van der Waals surface area contributed by atoms with Crippen molar-refractivity contribution in [2.24, 2.45) is 11.1 Å². The van der Waals surface area contributed by atoms with Crippen molar-refractivity contribution in [3.63, 3.8) is 0 Å². The maximum atomic E-state index is 9.27. The van der Waals surface area contributed by atoms with Gasteiger partial charge in [0.15, 0.2) is 0 Å². The fraction of sp³-hybridized carbons (Fsp3) is 0.833. The third-order valence-electron chi connectivity index (χ3n) is 2.19. The monoisotopic (exact) mass is 159 g/mol. The van der Waals surface area contributed by atoms with Gasteiger partial charge in [0.1, 0.15) is 18.8 Å². The van der Waals surface area contributed by atoms with Crippen LogP contribution in [0, 0.1) is 5.92 Å². The Bertz CT molecular complexity index is 205. The van der Waals surface area contributed by atoms with Gasteiger partial charge >= 0.3 is 0 Å². The maximum Gasteiger partial charge on any atom is 0.128 e. The van der Waals surface area contributed by atoms with Crippen LogP contribution in [0.25, 0.3) is 0 Å². The number of hydrogen-bond acceptors (Lipinski definition) is 5. The van der Waals surface area contributed by atoms with Gasteiger partial charge in [-0.1, -0.05) is 5.16 Å². The second-order valence-corrected chi connectivity index (χ2v) is 2.84. The molecule has 62 valence electrons. The summed E-state index contributed by atoms with van der Waals surface area (Å²) in [4.78, 5) is 4.66. The van der Waals surface area contributed by atoms with Crippen molar-refractivity contribution in [3.8, 4) is 0 Å². The Balaban J connectivity index is 2.28. The zero-order chi connectivity index (χ0) is 8.01. The van der Waals surface area contributed by atoms with Crippen LogP contribution in [0.5, 0.6) is 0 Å². The molecule has 1 heterocycles. The lowest BCUT2D eigenvalue weighted by Crippen LogP contribution is -2.32. The van der Waals surface area contributed by atoms with Gasteiger partial charge in [-0.25, -0.2) is 0 Å². The number of oxime groups is 1. The second-order valence-electron chi connectivity index (χ2n) is 2.84. The molecular weight excluding hydrogens is 150 g/mol. The first kappa shape index (κ1) is 7.02. The summed E-state index contributed by atoms with van der Waals surface area (Å²) in [6, 6.07) is 0. The summed E-state index contributed by atoms with van der Waals surface area (Å²) in [6.07, 6.45) is -3.11. The van der Waals surface area contributed by atoms with Gasteiger partial charge in [0, 0.05) is 0 Å². The van der Waals surface area contributed by atoms with Crippen LogP contribution >= 0.6 is 0 Å². The van der Waals surface area contributed by atoms with Crippen LogP contribution in [0.4, 0.5) is 0 Å². The van der Waals surface area contributed by atoms with Crippen molar-refractivity contribution in [2.75, 3.05) is 6.61 Å². The molecule has 0 bridgehead atoms. The molecule has 0 unspecified atom stereocenters. The van der Waals surface area contributed by atoms with Gasteiger partial charge in [0.2, 0.25) is 0 Å². The van der Waals surface area contributed by atoms with Crippen LogP contribution < -0.4 is 0 Å². The van der Waals surface area contributed by atoms with Gasteiger partial charge in [-0.2, -0.15) is 0 Å². The second kappa shape index (κ2) is 2.17. The Morgan fingerprint density at radius 3 is 2.64 bits per heavy atom. The molecule has 5 nitrogen and oxygen atoms in total. The SMILES string of the molecule is O[C@H]1[C@H](O)[C@H]2CON=C2[C@@H]1O. The molecule has 2 aliphatic rings. The number of aliphatic hydroxyl groups excluding tert-OH is 3. The molecule has 0 amide bonds. The van der Waals surface area contributed by atoms with E-state index in [1.807, 2.05) is 0 Å². The summed E-state index contributed by atoms with van der Waals surface area (Å²) < 4.78 is 0. The smallest absolute Gasteiger partial charge is 0.128 e. The third-order valence-corrected chi connectivity index (χ3v) is 2.19. The van der Waals surface area contributed by atoms with E-state index in [2.05, 4.69) is 9.99 Å². The average molecular weight is 159 g/mol. The molecule has 0 aromatic heterocycles. The number of fused-ring (bicyclic) bond motifs is 1. The van der Waals surface area contributed by atoms with Crippen molar-refractivity contribution in [3.05, 3.63) is 0 Å². The fourth-order valence-corrected chi connectivity index (χ4v) is 1.49. The summed E-state index contributed by atoms with van der Waals surface area (Å²) >= 11 is 0. The molecule has 1 fully saturated rings. The number of hydrogen-bond donors (Lipinski definition) is 3. The van der Waals surface area contributed by atoms with Crippen LogP contribution in [-0.2, 0) is 4.84 Å². The van der Waals surface area contributed by atoms with Crippen molar-refractivity contribution in [1.29, 1.82) is 0 Å². The third kappa shape index (κ3) is 0.786. The summed E-state index contributed by atoms with van der Waals surface area (Å²) in [7, 11) is 0. The molecule has 4 atom stereocenters. The molecule has 3 N–H and O–H groups in total. The zero-order valence-electron chi connectivity index (χ0n) is 5.71. The molecule has 2 rings (SSSR count). The average Bonchev–Trinajstić information content (AvgIpc) is 2.53. The zero-order valence-corrected chi connectivity index (χ0v) is 5.71. The molecule has 11 heavy (non-hydrogen) atoms. The van der Waals surface area contributed by atoms with E-state index in [9.17, 15) is 10.2 Å². The molecule has 0 aromatic rings. The first-order chi connectivity index (χ1) is 5.22. The minimum Gasteiger partial charge on any atom is -0.395 e. The Morgan fingerprint density at radius 2 is 2.00 bits per heavy atom. The van der Waals surface area contributed by atoms with Gasteiger partial charge in [0.05, 0.1) is 17.7 Å². The van der Waals surface area contributed by atoms with Gasteiger partial charge in [-0.15, -0.1) is 0 Å². The van der Waals surface area contributed by atoms with E-state index in [0.717, 1.165) is 0 Å². The van der Waals surface area contributed by atoms with Crippen molar-refractivity contribution >= 4 is 5.71 Å². The van der Waals surface area contributed by atoms with Crippen molar-refractivity contribution in [1.82, 2.24) is 0 Å². The largest absolute Gasteiger partial charge is 0.395 e. The van der Waals surface area contributed by atoms with Crippen molar-refractivity contribution in [2.45, 2.75) is 18.3 Å². The Morgan fingerprint density at radius 1 is 1.27 bits per heavy atom. The Kier molecular flexibility index (Phi) is 1.38. The highest BCUT2D eigenvalue weighted by molar-refractivity contribution is 5.94. The Hall–Kier alpha value is -0.650. The topological polar surface area (TPSA) is 82.3 Å². The van der Waals surface area contributed by atoms with E-state index in [-0.39, 0.29) is 12.5 Å². The number of aliphatic hydroxyl groups is 3. The molecule has 1 saturated carbocycles. The molecule has 0 spiro atoms. The highest BCUT2D eigenvalue weighted by Gasteiger charge is 2.49. The summed E-state index contributed by atoms with van der Waals surface area (Å²) in [5.41, 5.74) is 0.366. The maximum absolute atomic E-state index is 9.27. The van der Waals surface area contributed by atoms with Crippen LogP contribution in [0.3, 0.4) is 0 Å². The Labute approximate surface area is 62.9 Å². The minimum atomic E-state index is -1.11. The first-order valence-electron chi connectivity index (χ1n) is 3.46. The van der Waals surface area contributed by atoms with Gasteiger partial charge in [-0.05, 0) is 0 Å². The van der Waals surface area contributed by atoms with Crippen LogP contribution in [0.2, 0.25) is 0 Å². The summed E-state index contributed by atoms with van der Waals surface area (Å²) in [5.74, 6) is -0.319. The van der Waals surface area contributed by atoms with E-state index < -0.39 is 18.3 Å².